The molecule has 4 aromatic carbocycles. The lowest BCUT2D eigenvalue weighted by molar-refractivity contribution is -0.140. The summed E-state index contributed by atoms with van der Waals surface area (Å²) < 4.78 is 12.2. The number of nitrogens with zero attached hydrogens (tertiary/aromatic N) is 1. The number of amides is 1. The van der Waals surface area contributed by atoms with Crippen LogP contribution in [-0.2, 0) is 36.7 Å². The van der Waals surface area contributed by atoms with Crippen molar-refractivity contribution in [3.8, 4) is 23.0 Å². The number of phenols is 2. The fourth-order valence-corrected chi connectivity index (χ4v) is 7.38. The number of aromatic amines is 1. The van der Waals surface area contributed by atoms with Gasteiger partial charge in [-0.25, -0.2) is 9.59 Å². The van der Waals surface area contributed by atoms with Crippen molar-refractivity contribution in [2.75, 3.05) is 7.05 Å². The second-order valence-electron chi connectivity index (χ2n) is 12.7. The van der Waals surface area contributed by atoms with Crippen molar-refractivity contribution in [2.45, 2.75) is 36.4 Å². The number of carbonyl (C=O) groups is 4. The van der Waals surface area contributed by atoms with Gasteiger partial charge in [0.25, 0.3) is 0 Å². The van der Waals surface area contributed by atoms with Crippen LogP contribution < -0.4 is 10.5 Å². The Balaban J connectivity index is 1.45. The first-order chi connectivity index (χ1) is 24.8. The van der Waals surface area contributed by atoms with Crippen molar-refractivity contribution in [3.05, 3.63) is 118 Å². The first-order valence-electron chi connectivity index (χ1n) is 16.0. The minimum absolute atomic E-state index is 0.0157. The van der Waals surface area contributed by atoms with E-state index in [-0.39, 0.29) is 46.1 Å². The van der Waals surface area contributed by atoms with Gasteiger partial charge in [-0.3, -0.25) is 14.4 Å². The molecular formula is C38H30N3O11. The van der Waals surface area contributed by atoms with Gasteiger partial charge in [0.2, 0.25) is 12.2 Å². The van der Waals surface area contributed by atoms with Gasteiger partial charge < -0.3 is 45.5 Å². The molecule has 0 aliphatic carbocycles. The van der Waals surface area contributed by atoms with Gasteiger partial charge in [0.05, 0.1) is 17.2 Å². The highest BCUT2D eigenvalue weighted by molar-refractivity contribution is 6.05. The van der Waals surface area contributed by atoms with E-state index >= 15 is 0 Å². The molecule has 1 amide bonds. The van der Waals surface area contributed by atoms with Crippen molar-refractivity contribution in [1.82, 2.24) is 9.88 Å². The number of para-hydroxylation sites is 1. The molecule has 1 aromatic heterocycles. The molecule has 3 heterocycles. The van der Waals surface area contributed by atoms with E-state index in [1.165, 1.54) is 49.5 Å². The van der Waals surface area contributed by atoms with Crippen LogP contribution in [0.3, 0.4) is 0 Å². The molecule has 0 unspecified atom stereocenters. The number of hydrogen-bond donors (Lipinski definition) is 6. The van der Waals surface area contributed by atoms with Crippen molar-refractivity contribution in [3.63, 3.8) is 0 Å². The Morgan fingerprint density at radius 3 is 2.21 bits per heavy atom. The average Bonchev–Trinajstić information content (AvgIpc) is 3.66. The Hall–Kier alpha value is -6.67. The molecule has 7 rings (SSSR count). The normalized spacial score (nSPS) is 15.4. The lowest BCUT2D eigenvalue weighted by atomic mass is 9.73. The maximum Gasteiger partial charge on any atom is 0.340 e. The zero-order valence-electron chi connectivity index (χ0n) is 27.4. The average molecular weight is 705 g/mol. The van der Waals surface area contributed by atoms with Crippen LogP contribution >= 0.6 is 0 Å². The van der Waals surface area contributed by atoms with Gasteiger partial charge in [-0.2, -0.15) is 0 Å². The summed E-state index contributed by atoms with van der Waals surface area (Å²) in [5.74, 6) is -5.25. The van der Waals surface area contributed by atoms with Crippen LogP contribution in [0.15, 0.2) is 79.0 Å². The summed E-state index contributed by atoms with van der Waals surface area (Å²) in [6, 6.07) is 16.5. The third-order valence-electron chi connectivity index (χ3n) is 9.79. The molecule has 14 nitrogen and oxygen atoms in total. The third kappa shape index (κ3) is 5.02. The van der Waals surface area contributed by atoms with E-state index in [1.807, 2.05) is 24.3 Å². The van der Waals surface area contributed by atoms with Crippen molar-refractivity contribution in [2.24, 2.45) is 5.73 Å². The Morgan fingerprint density at radius 1 is 0.962 bits per heavy atom. The molecule has 52 heavy (non-hydrogen) atoms. The molecule has 263 valence electrons. The van der Waals surface area contributed by atoms with Crippen LogP contribution in [0, 0.1) is 0 Å². The number of esters is 1. The molecule has 0 bridgehead atoms. The van der Waals surface area contributed by atoms with Gasteiger partial charge in [0, 0.05) is 65.0 Å². The number of carboxylic acids is 2. The summed E-state index contributed by atoms with van der Waals surface area (Å²) in [6.45, 7) is 0. The fraction of sp³-hybridized carbons (Fsp3) is 0.184. The molecule has 2 aliphatic rings. The minimum Gasteiger partial charge on any atom is -0.508 e. The molecule has 14 heteroatoms. The number of aromatic hydroxyl groups is 2. The van der Waals surface area contributed by atoms with E-state index in [9.17, 15) is 44.4 Å². The molecule has 0 saturated carbocycles. The van der Waals surface area contributed by atoms with Crippen LogP contribution in [0.25, 0.3) is 10.9 Å². The number of aliphatic carboxylic acids is 1. The molecule has 2 atom stereocenters. The summed E-state index contributed by atoms with van der Waals surface area (Å²) in [6.07, 6.45) is 2.00. The molecule has 1 spiro atoms. The van der Waals surface area contributed by atoms with Crippen molar-refractivity contribution in [1.29, 1.82) is 0 Å². The number of rotatable bonds is 10. The van der Waals surface area contributed by atoms with Gasteiger partial charge in [-0.1, -0.05) is 24.3 Å². The topological polar surface area (TPSA) is 230 Å². The predicted octanol–water partition coefficient (Wildman–Crippen LogP) is 4.04. The van der Waals surface area contributed by atoms with Gasteiger partial charge in [-0.15, -0.1) is 0 Å². The second-order valence-corrected chi connectivity index (χ2v) is 12.7. The molecule has 0 fully saturated rings. The first kappa shape index (κ1) is 33.8. The van der Waals surface area contributed by atoms with Crippen LogP contribution in [0.4, 0.5) is 0 Å². The van der Waals surface area contributed by atoms with E-state index < -0.39 is 70.5 Å². The maximum atomic E-state index is 14.3. The minimum atomic E-state index is -2.49. The Kier molecular flexibility index (Phi) is 7.98. The second kappa shape index (κ2) is 12.3. The summed E-state index contributed by atoms with van der Waals surface area (Å²) in [7, 11) is 1.18. The highest BCUT2D eigenvalue weighted by Gasteiger charge is 2.57. The predicted molar refractivity (Wildman–Crippen MR) is 182 cm³/mol. The van der Waals surface area contributed by atoms with E-state index in [1.54, 1.807) is 12.5 Å². The van der Waals surface area contributed by atoms with Crippen LogP contribution in [0.5, 0.6) is 23.0 Å². The molecule has 1 radical (unpaired) electrons. The number of phenolic OH excluding ortho intramolecular Hbond substituents is 2. The van der Waals surface area contributed by atoms with E-state index in [0.29, 0.717) is 5.56 Å². The number of ether oxygens (including phenoxy) is 2. The number of carbonyl (C=O) groups excluding carboxylic acids is 3. The van der Waals surface area contributed by atoms with Crippen LogP contribution in [0.2, 0.25) is 0 Å². The van der Waals surface area contributed by atoms with Gasteiger partial charge in [0.15, 0.2) is 5.60 Å². The quantitative estimate of drug-likeness (QED) is 0.113. The highest BCUT2D eigenvalue weighted by atomic mass is 16.6. The van der Waals surface area contributed by atoms with Crippen molar-refractivity contribution >= 4 is 41.0 Å². The van der Waals surface area contributed by atoms with E-state index in [2.05, 4.69) is 4.98 Å². The first-order valence-corrected chi connectivity index (χ1v) is 16.0. The summed E-state index contributed by atoms with van der Waals surface area (Å²) >= 11 is 0. The Morgan fingerprint density at radius 2 is 1.60 bits per heavy atom. The van der Waals surface area contributed by atoms with Gasteiger partial charge in [0.1, 0.15) is 28.5 Å². The zero-order chi connectivity index (χ0) is 37.1. The molecule has 5 aromatic rings. The fourth-order valence-electron chi connectivity index (χ4n) is 7.38. The Bertz CT molecular complexity index is 2300. The monoisotopic (exact) mass is 704 g/mol. The number of hydrogen-bond acceptors (Lipinski definition) is 10. The van der Waals surface area contributed by atoms with E-state index in [0.717, 1.165) is 21.9 Å². The number of benzene rings is 4. The lowest BCUT2D eigenvalue weighted by Gasteiger charge is -2.40. The number of nitrogens with one attached hydrogen (secondary N) is 1. The van der Waals surface area contributed by atoms with Crippen LogP contribution in [0.1, 0.15) is 61.4 Å². The number of aromatic nitrogens is 1. The largest absolute Gasteiger partial charge is 0.508 e. The third-order valence-corrected chi connectivity index (χ3v) is 9.79. The summed E-state index contributed by atoms with van der Waals surface area (Å²) in [4.78, 5) is 70.9. The number of aromatic carboxylic acids is 1. The smallest absolute Gasteiger partial charge is 0.340 e. The number of nitrogens with two attached hydrogens (primary N) is 1. The van der Waals surface area contributed by atoms with Crippen molar-refractivity contribution < 1.29 is 53.9 Å². The number of H-pyrrole nitrogens is 1. The molecule has 2 aliphatic heterocycles. The SMILES string of the molecule is CN(C(=O)[C@@H](N)Cc1c[nH]c2ccccc12)[C@]([C]=O)(CCC(=O)O)c1c(C(=O)O)ccc2c1C(=O)OC21c2ccc(O)cc2Oc2cc(O)ccc21. The maximum absolute atomic E-state index is 14.3. The van der Waals surface area contributed by atoms with Crippen LogP contribution in [-0.4, -0.2) is 73.5 Å². The molecule has 7 N–H and O–H groups in total. The summed E-state index contributed by atoms with van der Waals surface area (Å²) in [5, 5.41) is 41.7. The number of carboxylic acid groups (broad SMARTS) is 2. The van der Waals surface area contributed by atoms with E-state index in [4.69, 9.17) is 15.2 Å². The zero-order valence-corrected chi connectivity index (χ0v) is 27.4. The number of likely N-dealkylation sites (N-methyl/N-ethyl adjacent to an activating group) is 1. The molecular weight excluding hydrogens is 674 g/mol. The van der Waals surface area contributed by atoms with Gasteiger partial charge >= 0.3 is 17.9 Å². The Labute approximate surface area is 294 Å². The molecule has 0 saturated heterocycles. The highest BCUT2D eigenvalue weighted by Crippen LogP contribution is 2.58. The lowest BCUT2D eigenvalue weighted by Crippen LogP contribution is -2.55. The standard InChI is InChI=1S/C38H30N3O11/c1-41(34(47)27(39)14-19-17-40-28-5-3-2-4-22(19)28)37(18-42,13-12-31(45)46)33-23(35(48)49)8-11-26-32(33)36(50)52-38(26)24-9-6-20(43)15-29(24)51-30-16-21(44)7-10-25(30)38/h2-11,15-17,27,40,43-44H,12-14,39H2,1H3,(H,45,46)(H,48,49)/t27-,37-/m0/s1. The van der Waals surface area contributed by atoms with Gasteiger partial charge in [-0.05, 0) is 54.8 Å². The number of fused-ring (bicyclic) bond motifs is 7. The summed E-state index contributed by atoms with van der Waals surface area (Å²) in [5.41, 5.74) is 2.49.